The fourth-order valence-electron chi connectivity index (χ4n) is 2.00. The molecule has 0 amide bonds. The highest BCUT2D eigenvalue weighted by atomic mass is 35.5. The number of aromatic amines is 1. The molecule has 0 fully saturated rings. The van der Waals surface area contributed by atoms with Crippen molar-refractivity contribution in [3.8, 4) is 22.8 Å². The minimum absolute atomic E-state index is 0.526. The Morgan fingerprint density at radius 2 is 1.95 bits per heavy atom. The van der Waals surface area contributed by atoms with Crippen molar-refractivity contribution in [3.05, 3.63) is 53.1 Å². The lowest BCUT2D eigenvalue weighted by atomic mass is 10.1. The van der Waals surface area contributed by atoms with Gasteiger partial charge in [0, 0.05) is 11.1 Å². The smallest absolute Gasteiger partial charge is 0.181 e. The molecule has 100 valence electrons. The molecule has 1 aromatic heterocycles. The van der Waals surface area contributed by atoms with Gasteiger partial charge in [-0.05, 0) is 31.2 Å². The Hall–Kier alpha value is -2.33. The van der Waals surface area contributed by atoms with Crippen LogP contribution in [0.2, 0.25) is 5.02 Å². The number of nitrogen functional groups attached to an aromatic ring is 1. The maximum Gasteiger partial charge on any atom is 0.181 e. The Kier molecular flexibility index (Phi) is 3.16. The van der Waals surface area contributed by atoms with Crippen molar-refractivity contribution >= 4 is 17.3 Å². The predicted octanol–water partition coefficient (Wildman–Crippen LogP) is 3.68. The zero-order valence-electron chi connectivity index (χ0n) is 10.9. The minimum atomic E-state index is 0.526. The van der Waals surface area contributed by atoms with Crippen LogP contribution in [0.3, 0.4) is 0 Å². The van der Waals surface area contributed by atoms with E-state index in [0.29, 0.717) is 22.4 Å². The van der Waals surface area contributed by atoms with Crippen LogP contribution >= 0.6 is 11.6 Å². The van der Waals surface area contributed by atoms with E-state index < -0.39 is 0 Å². The van der Waals surface area contributed by atoms with Gasteiger partial charge in [-0.3, -0.25) is 5.10 Å². The fraction of sp³-hybridized carbons (Fsp3) is 0.0667. The first-order valence-electron chi connectivity index (χ1n) is 6.18. The summed E-state index contributed by atoms with van der Waals surface area (Å²) in [5, 5.41) is 7.71. The number of hydrogen-bond donors (Lipinski definition) is 2. The molecule has 0 atom stereocenters. The molecule has 0 radical (unpaired) electrons. The van der Waals surface area contributed by atoms with Crippen LogP contribution in [0, 0.1) is 6.92 Å². The number of anilines is 1. The molecule has 20 heavy (non-hydrogen) atoms. The second kappa shape index (κ2) is 4.98. The summed E-state index contributed by atoms with van der Waals surface area (Å²) >= 11 is 5.92. The maximum absolute atomic E-state index is 5.92. The van der Waals surface area contributed by atoms with Gasteiger partial charge in [-0.2, -0.15) is 5.10 Å². The summed E-state index contributed by atoms with van der Waals surface area (Å²) in [5.74, 6) is 1.34. The summed E-state index contributed by atoms with van der Waals surface area (Å²) in [5.41, 5.74) is 9.34. The molecule has 0 saturated carbocycles. The van der Waals surface area contributed by atoms with E-state index in [1.807, 2.05) is 37.3 Å². The maximum atomic E-state index is 5.92. The van der Waals surface area contributed by atoms with Gasteiger partial charge in [0.15, 0.2) is 11.6 Å². The molecule has 1 heterocycles. The minimum Gasteiger partial charge on any atom is -0.398 e. The SMILES string of the molecule is Cc1cccc(-c2n[nH]c(-c3ccc(Cl)c(N)c3)n2)c1. The van der Waals surface area contributed by atoms with Gasteiger partial charge in [0.25, 0.3) is 0 Å². The fourth-order valence-corrected chi connectivity index (χ4v) is 2.11. The van der Waals surface area contributed by atoms with E-state index in [1.54, 1.807) is 12.1 Å². The molecule has 0 unspecified atom stereocenters. The third kappa shape index (κ3) is 2.38. The molecule has 2 aromatic carbocycles. The van der Waals surface area contributed by atoms with Crippen LogP contribution in [-0.2, 0) is 0 Å². The Morgan fingerprint density at radius 1 is 1.10 bits per heavy atom. The summed E-state index contributed by atoms with van der Waals surface area (Å²) in [6, 6.07) is 13.4. The quantitative estimate of drug-likeness (QED) is 0.705. The Morgan fingerprint density at radius 3 is 2.70 bits per heavy atom. The number of H-pyrrole nitrogens is 1. The van der Waals surface area contributed by atoms with E-state index in [0.717, 1.165) is 11.1 Å². The number of benzene rings is 2. The zero-order chi connectivity index (χ0) is 14.1. The van der Waals surface area contributed by atoms with E-state index >= 15 is 0 Å². The average Bonchev–Trinajstić information content (AvgIpc) is 2.92. The van der Waals surface area contributed by atoms with Crippen molar-refractivity contribution in [1.29, 1.82) is 0 Å². The van der Waals surface area contributed by atoms with E-state index in [9.17, 15) is 0 Å². The number of hydrogen-bond acceptors (Lipinski definition) is 3. The van der Waals surface area contributed by atoms with Gasteiger partial charge in [-0.15, -0.1) is 0 Å². The predicted molar refractivity (Wildman–Crippen MR) is 81.4 cm³/mol. The summed E-state index contributed by atoms with van der Waals surface area (Å²) in [7, 11) is 0. The van der Waals surface area contributed by atoms with Crippen LogP contribution in [0.4, 0.5) is 5.69 Å². The molecule has 0 bridgehead atoms. The normalized spacial score (nSPS) is 10.7. The largest absolute Gasteiger partial charge is 0.398 e. The number of halogens is 1. The second-order valence-corrected chi connectivity index (χ2v) is 5.02. The van der Waals surface area contributed by atoms with Crippen molar-refractivity contribution in [1.82, 2.24) is 15.2 Å². The lowest BCUT2D eigenvalue weighted by Crippen LogP contribution is -1.88. The van der Waals surface area contributed by atoms with E-state index in [-0.39, 0.29) is 0 Å². The molecule has 0 aliphatic heterocycles. The molecular formula is C15H13ClN4. The topological polar surface area (TPSA) is 67.6 Å². The Labute approximate surface area is 121 Å². The molecular weight excluding hydrogens is 272 g/mol. The molecule has 3 aromatic rings. The molecule has 3 N–H and O–H groups in total. The first kappa shape index (κ1) is 12.7. The number of aromatic nitrogens is 3. The molecule has 4 nitrogen and oxygen atoms in total. The third-order valence-corrected chi connectivity index (χ3v) is 3.38. The standard InChI is InChI=1S/C15H13ClN4/c1-9-3-2-4-10(7-9)14-18-15(20-19-14)11-5-6-12(16)13(17)8-11/h2-8H,17H2,1H3,(H,18,19,20). The first-order chi connectivity index (χ1) is 9.63. The van der Waals surface area contributed by atoms with Gasteiger partial charge in [-0.1, -0.05) is 35.4 Å². The van der Waals surface area contributed by atoms with E-state index in [4.69, 9.17) is 17.3 Å². The van der Waals surface area contributed by atoms with Gasteiger partial charge >= 0.3 is 0 Å². The summed E-state index contributed by atoms with van der Waals surface area (Å²) in [6.45, 7) is 2.04. The molecule has 3 rings (SSSR count). The van der Waals surface area contributed by atoms with Crippen LogP contribution in [0.5, 0.6) is 0 Å². The summed E-state index contributed by atoms with van der Waals surface area (Å²) in [4.78, 5) is 4.50. The molecule has 0 aliphatic carbocycles. The van der Waals surface area contributed by atoms with Crippen LogP contribution in [0.15, 0.2) is 42.5 Å². The number of nitrogens with zero attached hydrogens (tertiary/aromatic N) is 2. The summed E-state index contributed by atoms with van der Waals surface area (Å²) in [6.07, 6.45) is 0. The highest BCUT2D eigenvalue weighted by Gasteiger charge is 2.09. The lowest BCUT2D eigenvalue weighted by molar-refractivity contribution is 1.10. The highest BCUT2D eigenvalue weighted by molar-refractivity contribution is 6.33. The van der Waals surface area contributed by atoms with Crippen LogP contribution < -0.4 is 5.73 Å². The number of nitrogens with two attached hydrogens (primary N) is 1. The average molecular weight is 285 g/mol. The van der Waals surface area contributed by atoms with Crippen molar-refractivity contribution in [2.24, 2.45) is 0 Å². The number of rotatable bonds is 2. The monoisotopic (exact) mass is 284 g/mol. The van der Waals surface area contributed by atoms with Crippen LogP contribution in [-0.4, -0.2) is 15.2 Å². The van der Waals surface area contributed by atoms with Gasteiger partial charge in [-0.25, -0.2) is 4.98 Å². The zero-order valence-corrected chi connectivity index (χ0v) is 11.6. The number of aryl methyl sites for hydroxylation is 1. The molecule has 0 saturated heterocycles. The van der Waals surface area contributed by atoms with Gasteiger partial charge in [0.1, 0.15) is 0 Å². The van der Waals surface area contributed by atoms with Crippen molar-refractivity contribution in [3.63, 3.8) is 0 Å². The Bertz CT molecular complexity index is 764. The van der Waals surface area contributed by atoms with Gasteiger partial charge in [0.2, 0.25) is 0 Å². The summed E-state index contributed by atoms with van der Waals surface area (Å²) < 4.78 is 0. The first-order valence-corrected chi connectivity index (χ1v) is 6.56. The Balaban J connectivity index is 1.99. The lowest BCUT2D eigenvalue weighted by Gasteiger charge is -2.00. The highest BCUT2D eigenvalue weighted by Crippen LogP contribution is 2.26. The van der Waals surface area contributed by atoms with E-state index in [1.165, 1.54) is 5.56 Å². The van der Waals surface area contributed by atoms with Crippen molar-refractivity contribution < 1.29 is 0 Å². The van der Waals surface area contributed by atoms with Crippen LogP contribution in [0.1, 0.15) is 5.56 Å². The van der Waals surface area contributed by atoms with Crippen molar-refractivity contribution in [2.75, 3.05) is 5.73 Å². The molecule has 0 aliphatic rings. The third-order valence-electron chi connectivity index (χ3n) is 3.03. The van der Waals surface area contributed by atoms with Crippen molar-refractivity contribution in [2.45, 2.75) is 6.92 Å². The number of nitrogens with one attached hydrogen (secondary N) is 1. The molecule has 0 spiro atoms. The van der Waals surface area contributed by atoms with Crippen LogP contribution in [0.25, 0.3) is 22.8 Å². The molecule has 5 heteroatoms. The van der Waals surface area contributed by atoms with Gasteiger partial charge < -0.3 is 5.73 Å². The van der Waals surface area contributed by atoms with Gasteiger partial charge in [0.05, 0.1) is 10.7 Å². The second-order valence-electron chi connectivity index (χ2n) is 4.61. The van der Waals surface area contributed by atoms with E-state index in [2.05, 4.69) is 15.2 Å².